The van der Waals surface area contributed by atoms with E-state index in [9.17, 15) is 44.4 Å². The predicted molar refractivity (Wildman–Crippen MR) is 172 cm³/mol. The standard InChI is InChI=1S/C34H47N3O11/c1-32(2,3)14-37(31(45)48-15-47-30(44)33(4,5)6)13-17-11-20(36(7)8)19-10-16-9-18-12-21(38)24(29(35)43)28(42)34(18,46)27(41)22(16)26(40)23(19)25(17)39/h11,16,18,21,24,38-39,41,46H,9-10,12-15H2,1-8H3,(H2,35,43)/t16-,18+,21?,24?,34+/m1/s1. The number of nitrogens with two attached hydrogens (primary N) is 1. The van der Waals surface area contributed by atoms with Gasteiger partial charge in [0.25, 0.3) is 0 Å². The molecule has 1 aromatic carbocycles. The monoisotopic (exact) mass is 673 g/mol. The molecule has 0 heterocycles. The summed E-state index contributed by atoms with van der Waals surface area (Å²) in [5.74, 6) is -8.54. The number of allylic oxidation sites excluding steroid dienone is 1. The first-order chi connectivity index (χ1) is 22.0. The van der Waals surface area contributed by atoms with E-state index in [4.69, 9.17) is 15.2 Å². The van der Waals surface area contributed by atoms with E-state index in [0.29, 0.717) is 11.3 Å². The number of aliphatic hydroxyl groups excluding tert-OH is 2. The van der Waals surface area contributed by atoms with Crippen molar-refractivity contribution in [1.82, 2.24) is 4.90 Å². The molecule has 2 amide bonds. The van der Waals surface area contributed by atoms with Crippen LogP contribution in [0.4, 0.5) is 10.5 Å². The van der Waals surface area contributed by atoms with E-state index in [0.717, 1.165) is 0 Å². The van der Waals surface area contributed by atoms with Gasteiger partial charge >= 0.3 is 12.1 Å². The Morgan fingerprint density at radius 2 is 1.67 bits per heavy atom. The lowest BCUT2D eigenvalue weighted by atomic mass is 9.57. The number of fused-ring (bicyclic) bond motifs is 3. The molecule has 3 aliphatic rings. The Labute approximate surface area is 279 Å². The van der Waals surface area contributed by atoms with E-state index in [2.05, 4.69) is 0 Å². The van der Waals surface area contributed by atoms with Crippen molar-refractivity contribution in [1.29, 1.82) is 0 Å². The number of esters is 1. The number of amides is 2. The second-order valence-electron chi connectivity index (χ2n) is 15.5. The summed E-state index contributed by atoms with van der Waals surface area (Å²) in [7, 11) is 3.49. The Hall–Kier alpha value is -4.17. The van der Waals surface area contributed by atoms with Crippen LogP contribution in [-0.4, -0.2) is 94.0 Å². The molecular formula is C34H47N3O11. The van der Waals surface area contributed by atoms with Crippen LogP contribution in [-0.2, 0) is 36.8 Å². The summed E-state index contributed by atoms with van der Waals surface area (Å²) >= 11 is 0. The number of primary amides is 1. The third-order valence-corrected chi connectivity index (χ3v) is 9.20. The number of Topliss-reactive ketones (excluding diaryl/α,β-unsaturated/α-hetero) is 2. The van der Waals surface area contributed by atoms with Crippen LogP contribution in [0.3, 0.4) is 0 Å². The van der Waals surface area contributed by atoms with Crippen LogP contribution >= 0.6 is 0 Å². The van der Waals surface area contributed by atoms with Gasteiger partial charge in [-0.05, 0) is 63.0 Å². The van der Waals surface area contributed by atoms with Crippen LogP contribution in [0, 0.1) is 28.6 Å². The molecule has 0 saturated heterocycles. The maximum absolute atomic E-state index is 14.2. The number of nitrogens with zero attached hydrogens (tertiary/aromatic N) is 2. The topological polar surface area (TPSA) is 217 Å². The molecule has 0 aromatic heterocycles. The second-order valence-corrected chi connectivity index (χ2v) is 15.5. The van der Waals surface area contributed by atoms with Crippen molar-refractivity contribution >= 4 is 35.2 Å². The average molecular weight is 674 g/mol. The molecule has 14 nitrogen and oxygen atoms in total. The molecule has 264 valence electrons. The summed E-state index contributed by atoms with van der Waals surface area (Å²) in [6.07, 6.45) is -2.31. The number of carbonyl (C=O) groups excluding carboxylic acids is 5. The number of aliphatic hydroxyl groups is 3. The second kappa shape index (κ2) is 12.7. The van der Waals surface area contributed by atoms with Gasteiger partial charge in [-0.2, -0.15) is 0 Å². The van der Waals surface area contributed by atoms with Crippen LogP contribution < -0.4 is 10.6 Å². The number of rotatable bonds is 7. The highest BCUT2D eigenvalue weighted by Gasteiger charge is 2.62. The zero-order valence-electron chi connectivity index (χ0n) is 28.7. The molecule has 1 aromatic rings. The van der Waals surface area contributed by atoms with Gasteiger partial charge in [0.05, 0.1) is 23.6 Å². The van der Waals surface area contributed by atoms with Crippen molar-refractivity contribution in [3.63, 3.8) is 0 Å². The normalized spacial score (nSPS) is 25.5. The van der Waals surface area contributed by atoms with E-state index < -0.39 is 88.1 Å². The molecule has 0 aliphatic heterocycles. The molecule has 0 bridgehead atoms. The Morgan fingerprint density at radius 3 is 2.21 bits per heavy atom. The summed E-state index contributed by atoms with van der Waals surface area (Å²) in [5, 5.41) is 45.2. The molecule has 1 saturated carbocycles. The number of ketones is 2. The van der Waals surface area contributed by atoms with E-state index in [1.165, 1.54) is 4.90 Å². The average Bonchev–Trinajstić information content (AvgIpc) is 2.94. The number of ether oxygens (including phenoxy) is 2. The lowest BCUT2D eigenvalue weighted by Gasteiger charge is -2.48. The summed E-state index contributed by atoms with van der Waals surface area (Å²) in [6, 6.07) is 1.66. The molecule has 0 spiro atoms. The van der Waals surface area contributed by atoms with Gasteiger partial charge < -0.3 is 45.4 Å². The van der Waals surface area contributed by atoms with Gasteiger partial charge in [0, 0.05) is 43.4 Å². The first kappa shape index (κ1) is 36.7. The van der Waals surface area contributed by atoms with Crippen LogP contribution in [0.5, 0.6) is 5.75 Å². The first-order valence-corrected chi connectivity index (χ1v) is 15.9. The molecule has 6 N–H and O–H groups in total. The lowest BCUT2D eigenvalue weighted by Crippen LogP contribution is -2.63. The van der Waals surface area contributed by atoms with Gasteiger partial charge in [0.15, 0.2) is 17.2 Å². The predicted octanol–water partition coefficient (Wildman–Crippen LogP) is 2.34. The minimum absolute atomic E-state index is 0.0374. The van der Waals surface area contributed by atoms with Gasteiger partial charge in [-0.1, -0.05) is 20.8 Å². The number of phenolic OH excluding ortho intramolecular Hbond substituents is 1. The number of phenols is 1. The van der Waals surface area contributed by atoms with E-state index in [-0.39, 0.29) is 49.1 Å². The highest BCUT2D eigenvalue weighted by Crippen LogP contribution is 2.53. The fraction of sp³-hybridized carbons (Fsp3) is 0.618. The van der Waals surface area contributed by atoms with Crippen LogP contribution in [0.1, 0.15) is 75.9 Å². The smallest absolute Gasteiger partial charge is 0.412 e. The molecule has 3 aliphatic carbocycles. The minimum atomic E-state index is -2.63. The number of hydrogen-bond acceptors (Lipinski definition) is 12. The molecular weight excluding hydrogens is 626 g/mol. The van der Waals surface area contributed by atoms with Crippen molar-refractivity contribution in [2.45, 2.75) is 79.1 Å². The van der Waals surface area contributed by atoms with Crippen LogP contribution in [0.2, 0.25) is 0 Å². The molecule has 14 heteroatoms. The first-order valence-electron chi connectivity index (χ1n) is 15.9. The summed E-state index contributed by atoms with van der Waals surface area (Å²) in [6.45, 7) is 9.95. The number of anilines is 1. The lowest BCUT2D eigenvalue weighted by molar-refractivity contribution is -0.167. The maximum atomic E-state index is 14.2. The van der Waals surface area contributed by atoms with Crippen LogP contribution in [0.25, 0.3) is 0 Å². The molecule has 0 radical (unpaired) electrons. The summed E-state index contributed by atoms with van der Waals surface area (Å²) < 4.78 is 10.4. The Kier molecular flexibility index (Phi) is 9.70. The molecule has 2 unspecified atom stereocenters. The van der Waals surface area contributed by atoms with Crippen molar-refractivity contribution in [2.24, 2.45) is 34.3 Å². The zero-order chi connectivity index (χ0) is 36.3. The number of hydrogen-bond donors (Lipinski definition) is 5. The fourth-order valence-electron chi connectivity index (χ4n) is 6.95. The van der Waals surface area contributed by atoms with E-state index in [1.807, 2.05) is 20.8 Å². The van der Waals surface area contributed by atoms with Crippen molar-refractivity contribution in [3.8, 4) is 5.75 Å². The Balaban J connectivity index is 1.76. The highest BCUT2D eigenvalue weighted by atomic mass is 16.7. The Bertz CT molecular complexity index is 1570. The molecule has 1 fully saturated rings. The third-order valence-electron chi connectivity index (χ3n) is 9.20. The van der Waals surface area contributed by atoms with Gasteiger partial charge in [0.1, 0.15) is 17.4 Å². The summed E-state index contributed by atoms with van der Waals surface area (Å²) in [4.78, 5) is 68.1. The van der Waals surface area contributed by atoms with Gasteiger partial charge in [0.2, 0.25) is 12.7 Å². The number of benzene rings is 1. The SMILES string of the molecule is CN(C)c1cc(CN(CC(C)(C)C)C(=O)OCOC(=O)C(C)(C)C)c(O)c2c1C[C@H]1C[C@H]3CC(O)C(C(N)=O)C(=O)[C@@]3(O)C(O)=C1C2=O. The van der Waals surface area contributed by atoms with Gasteiger partial charge in [-0.15, -0.1) is 0 Å². The molecule has 5 atom stereocenters. The maximum Gasteiger partial charge on any atom is 0.412 e. The molecule has 4 rings (SSSR count). The van der Waals surface area contributed by atoms with Crippen LogP contribution in [0.15, 0.2) is 17.4 Å². The summed E-state index contributed by atoms with van der Waals surface area (Å²) in [5.41, 5.74) is 2.24. The Morgan fingerprint density at radius 1 is 1.04 bits per heavy atom. The fourth-order valence-corrected chi connectivity index (χ4v) is 6.95. The largest absolute Gasteiger partial charge is 0.508 e. The van der Waals surface area contributed by atoms with E-state index in [1.54, 1.807) is 45.8 Å². The van der Waals surface area contributed by atoms with E-state index >= 15 is 0 Å². The van der Waals surface area contributed by atoms with Gasteiger partial charge in [-0.3, -0.25) is 19.2 Å². The molecule has 48 heavy (non-hydrogen) atoms. The third kappa shape index (κ3) is 6.59. The van der Waals surface area contributed by atoms with Crippen molar-refractivity contribution in [2.75, 3.05) is 32.3 Å². The zero-order valence-corrected chi connectivity index (χ0v) is 28.7. The van der Waals surface area contributed by atoms with Crippen molar-refractivity contribution in [3.05, 3.63) is 34.1 Å². The quantitative estimate of drug-likeness (QED) is 0.160. The van der Waals surface area contributed by atoms with Gasteiger partial charge in [-0.25, -0.2) is 4.79 Å². The van der Waals surface area contributed by atoms with Crippen molar-refractivity contribution < 1.29 is 53.9 Å². The highest BCUT2D eigenvalue weighted by molar-refractivity contribution is 6.16. The number of carbonyl (C=O) groups is 5. The minimum Gasteiger partial charge on any atom is -0.508 e. The number of aromatic hydroxyl groups is 1.